The summed E-state index contributed by atoms with van der Waals surface area (Å²) in [6.45, 7) is 1.05. The highest BCUT2D eigenvalue weighted by molar-refractivity contribution is 7.07. The van der Waals surface area contributed by atoms with E-state index in [-0.39, 0.29) is 0 Å². The average Bonchev–Trinajstić information content (AvgIpc) is 2.83. The van der Waals surface area contributed by atoms with E-state index in [0.717, 1.165) is 13.0 Å². The van der Waals surface area contributed by atoms with Gasteiger partial charge in [-0.25, -0.2) is 4.98 Å². The van der Waals surface area contributed by atoms with Crippen LogP contribution in [0.1, 0.15) is 31.4 Å². The molecule has 0 spiro atoms. The van der Waals surface area contributed by atoms with Crippen LogP contribution in [-0.4, -0.2) is 30.8 Å². The second-order valence-electron chi connectivity index (χ2n) is 4.39. The molecule has 1 aliphatic carbocycles. The third-order valence-electron chi connectivity index (χ3n) is 3.31. The molecule has 16 heavy (non-hydrogen) atoms. The highest BCUT2D eigenvalue weighted by Crippen LogP contribution is 2.20. The van der Waals surface area contributed by atoms with Gasteiger partial charge in [0.15, 0.2) is 0 Å². The van der Waals surface area contributed by atoms with Gasteiger partial charge in [-0.3, -0.25) is 0 Å². The molecule has 1 heterocycles. The van der Waals surface area contributed by atoms with Crippen molar-refractivity contribution < 1.29 is 4.74 Å². The second-order valence-corrected chi connectivity index (χ2v) is 5.11. The highest BCUT2D eigenvalue weighted by atomic mass is 32.1. The second kappa shape index (κ2) is 6.33. The first-order valence-corrected chi connectivity index (χ1v) is 6.96. The van der Waals surface area contributed by atoms with Gasteiger partial charge in [0.05, 0.1) is 17.3 Å². The van der Waals surface area contributed by atoms with Crippen LogP contribution in [0.5, 0.6) is 0 Å². The van der Waals surface area contributed by atoms with Crippen LogP contribution in [0.2, 0.25) is 0 Å². The first kappa shape index (κ1) is 12.0. The molecule has 1 aromatic rings. The third kappa shape index (κ3) is 3.54. The zero-order valence-corrected chi connectivity index (χ0v) is 10.6. The Kier molecular flexibility index (Phi) is 4.75. The summed E-state index contributed by atoms with van der Waals surface area (Å²) in [5.41, 5.74) is 3.11. The fraction of sp³-hybridized carbons (Fsp3) is 0.750. The van der Waals surface area contributed by atoms with Crippen molar-refractivity contribution in [3.8, 4) is 0 Å². The van der Waals surface area contributed by atoms with Gasteiger partial charge in [0.1, 0.15) is 0 Å². The number of hydrogen-bond acceptors (Lipinski definition) is 4. The lowest BCUT2D eigenvalue weighted by molar-refractivity contribution is 0.0626. The Morgan fingerprint density at radius 2 is 2.25 bits per heavy atom. The molecule has 1 aromatic heterocycles. The molecule has 90 valence electrons. The Morgan fingerprint density at radius 3 is 2.88 bits per heavy atom. The standard InChI is InChI=1S/C12H20N2OS/c1-15-12-4-2-10(3-5-12)13-7-6-11-8-16-9-14-11/h8-10,12-13H,2-7H2,1H3. The van der Waals surface area contributed by atoms with Crippen molar-refractivity contribution in [1.29, 1.82) is 0 Å². The molecule has 0 unspecified atom stereocenters. The molecule has 0 aromatic carbocycles. The van der Waals surface area contributed by atoms with E-state index in [4.69, 9.17) is 4.74 Å². The van der Waals surface area contributed by atoms with Gasteiger partial charge >= 0.3 is 0 Å². The van der Waals surface area contributed by atoms with Gasteiger partial charge in [-0.05, 0) is 25.7 Å². The molecule has 1 aliphatic rings. The molecule has 0 aliphatic heterocycles. The summed E-state index contributed by atoms with van der Waals surface area (Å²) >= 11 is 1.67. The highest BCUT2D eigenvalue weighted by Gasteiger charge is 2.19. The molecule has 0 bridgehead atoms. The Labute approximate surface area is 101 Å². The molecule has 0 saturated heterocycles. The Bertz CT molecular complexity index is 281. The normalized spacial score (nSPS) is 25.8. The third-order valence-corrected chi connectivity index (χ3v) is 3.94. The van der Waals surface area contributed by atoms with E-state index in [1.807, 2.05) is 12.6 Å². The fourth-order valence-corrected chi connectivity index (χ4v) is 2.86. The van der Waals surface area contributed by atoms with Gasteiger partial charge < -0.3 is 10.1 Å². The zero-order valence-electron chi connectivity index (χ0n) is 9.82. The van der Waals surface area contributed by atoms with Crippen molar-refractivity contribution in [3.63, 3.8) is 0 Å². The summed E-state index contributed by atoms with van der Waals surface area (Å²) in [5.74, 6) is 0. The smallest absolute Gasteiger partial charge is 0.0794 e. The Balaban J connectivity index is 1.60. The Hall–Kier alpha value is -0.450. The van der Waals surface area contributed by atoms with E-state index >= 15 is 0 Å². The van der Waals surface area contributed by atoms with Crippen LogP contribution >= 0.6 is 11.3 Å². The molecule has 3 nitrogen and oxygen atoms in total. The summed E-state index contributed by atoms with van der Waals surface area (Å²) in [4.78, 5) is 4.28. The minimum atomic E-state index is 0.497. The average molecular weight is 240 g/mol. The van der Waals surface area contributed by atoms with Crippen molar-refractivity contribution >= 4 is 11.3 Å². The van der Waals surface area contributed by atoms with Crippen LogP contribution < -0.4 is 5.32 Å². The van der Waals surface area contributed by atoms with Gasteiger partial charge in [0.2, 0.25) is 0 Å². The van der Waals surface area contributed by atoms with Crippen LogP contribution in [0.4, 0.5) is 0 Å². The zero-order chi connectivity index (χ0) is 11.2. The predicted molar refractivity (Wildman–Crippen MR) is 66.9 cm³/mol. The maximum atomic E-state index is 5.37. The van der Waals surface area contributed by atoms with E-state index in [2.05, 4.69) is 15.7 Å². The first-order chi connectivity index (χ1) is 7.88. The van der Waals surface area contributed by atoms with E-state index in [1.54, 1.807) is 11.3 Å². The fourth-order valence-electron chi connectivity index (χ4n) is 2.27. The summed E-state index contributed by atoms with van der Waals surface area (Å²) in [7, 11) is 1.82. The lowest BCUT2D eigenvalue weighted by Gasteiger charge is -2.28. The van der Waals surface area contributed by atoms with Crippen molar-refractivity contribution in [2.45, 2.75) is 44.2 Å². The number of methoxy groups -OCH3 is 1. The van der Waals surface area contributed by atoms with Crippen LogP contribution in [0.15, 0.2) is 10.9 Å². The number of thiazole rings is 1. The first-order valence-electron chi connectivity index (χ1n) is 6.01. The molecule has 2 rings (SSSR count). The molecular formula is C12H20N2OS. The summed E-state index contributed by atoms with van der Waals surface area (Å²) in [5, 5.41) is 5.74. The minimum absolute atomic E-state index is 0.497. The number of nitrogens with zero attached hydrogens (tertiary/aromatic N) is 1. The predicted octanol–water partition coefficient (Wildman–Crippen LogP) is 2.23. The number of aromatic nitrogens is 1. The van der Waals surface area contributed by atoms with Gasteiger partial charge in [0.25, 0.3) is 0 Å². The van der Waals surface area contributed by atoms with Crippen molar-refractivity contribution in [3.05, 3.63) is 16.6 Å². The monoisotopic (exact) mass is 240 g/mol. The minimum Gasteiger partial charge on any atom is -0.381 e. The van der Waals surface area contributed by atoms with Crippen LogP contribution in [0.25, 0.3) is 0 Å². The van der Waals surface area contributed by atoms with Crippen molar-refractivity contribution in [2.24, 2.45) is 0 Å². The van der Waals surface area contributed by atoms with Crippen LogP contribution in [-0.2, 0) is 11.2 Å². The number of rotatable bonds is 5. The van der Waals surface area contributed by atoms with Gasteiger partial charge in [-0.2, -0.15) is 0 Å². The summed E-state index contributed by atoms with van der Waals surface area (Å²) in [6, 6.07) is 0.685. The quantitative estimate of drug-likeness (QED) is 0.857. The maximum absolute atomic E-state index is 5.37. The van der Waals surface area contributed by atoms with Gasteiger partial charge in [-0.15, -0.1) is 11.3 Å². The molecule has 0 radical (unpaired) electrons. The van der Waals surface area contributed by atoms with Crippen molar-refractivity contribution in [2.75, 3.05) is 13.7 Å². The topological polar surface area (TPSA) is 34.1 Å². The number of ether oxygens (including phenoxy) is 1. The molecule has 1 saturated carbocycles. The van der Waals surface area contributed by atoms with Gasteiger partial charge in [0, 0.05) is 31.5 Å². The molecule has 1 N–H and O–H groups in total. The number of hydrogen-bond donors (Lipinski definition) is 1. The molecule has 1 fully saturated rings. The molecule has 4 heteroatoms. The maximum Gasteiger partial charge on any atom is 0.0794 e. The van der Waals surface area contributed by atoms with Crippen molar-refractivity contribution in [1.82, 2.24) is 10.3 Å². The lowest BCUT2D eigenvalue weighted by atomic mass is 9.93. The molecule has 0 amide bonds. The van der Waals surface area contributed by atoms with E-state index in [9.17, 15) is 0 Å². The molecule has 0 atom stereocenters. The lowest BCUT2D eigenvalue weighted by Crippen LogP contribution is -2.36. The van der Waals surface area contributed by atoms with Crippen LogP contribution in [0, 0.1) is 0 Å². The summed E-state index contributed by atoms with van der Waals surface area (Å²) in [6.07, 6.45) is 6.44. The van der Waals surface area contributed by atoms with E-state index in [0.29, 0.717) is 12.1 Å². The molecular weight excluding hydrogens is 220 g/mol. The van der Waals surface area contributed by atoms with Gasteiger partial charge in [-0.1, -0.05) is 0 Å². The largest absolute Gasteiger partial charge is 0.381 e. The SMILES string of the molecule is COC1CCC(NCCc2cscn2)CC1. The summed E-state index contributed by atoms with van der Waals surface area (Å²) < 4.78 is 5.37. The van der Waals surface area contributed by atoms with E-state index < -0.39 is 0 Å². The van der Waals surface area contributed by atoms with Crippen LogP contribution in [0.3, 0.4) is 0 Å². The van der Waals surface area contributed by atoms with E-state index in [1.165, 1.54) is 31.4 Å². The Morgan fingerprint density at radius 1 is 1.44 bits per heavy atom. The number of nitrogens with one attached hydrogen (secondary N) is 1.